The van der Waals surface area contributed by atoms with Crippen LogP contribution in [0, 0.1) is 0 Å². The van der Waals surface area contributed by atoms with Crippen molar-refractivity contribution in [3.63, 3.8) is 0 Å². The van der Waals surface area contributed by atoms with Crippen LogP contribution in [0.2, 0.25) is 0 Å². The minimum absolute atomic E-state index is 0.0389. The Kier molecular flexibility index (Phi) is 4.42. The fourth-order valence-electron chi connectivity index (χ4n) is 1.30. The summed E-state index contributed by atoms with van der Waals surface area (Å²) in [5, 5.41) is 6.77. The molecule has 3 N–H and O–H groups in total. The van der Waals surface area contributed by atoms with Crippen molar-refractivity contribution in [1.82, 2.24) is 9.78 Å². The van der Waals surface area contributed by atoms with E-state index in [0.29, 0.717) is 17.8 Å². The fourth-order valence-corrected chi connectivity index (χ4v) is 1.45. The Morgan fingerprint density at radius 3 is 2.94 bits per heavy atom. The van der Waals surface area contributed by atoms with Crippen molar-refractivity contribution in [2.24, 2.45) is 12.8 Å². The number of amides is 1. The highest BCUT2D eigenvalue weighted by molar-refractivity contribution is 7.80. The van der Waals surface area contributed by atoms with Crippen LogP contribution >= 0.6 is 12.2 Å². The smallest absolute Gasteiger partial charge is 0.225 e. The number of rotatable bonds is 5. The van der Waals surface area contributed by atoms with Gasteiger partial charge in [0.15, 0.2) is 0 Å². The first-order valence-corrected chi connectivity index (χ1v) is 5.58. The van der Waals surface area contributed by atoms with Crippen molar-refractivity contribution < 1.29 is 4.79 Å². The van der Waals surface area contributed by atoms with Gasteiger partial charge in [0.2, 0.25) is 5.91 Å². The Labute approximate surface area is 100 Å². The molecule has 88 valence electrons. The summed E-state index contributed by atoms with van der Waals surface area (Å²) in [6.45, 7) is 2.04. The van der Waals surface area contributed by atoms with Crippen LogP contribution in [0.15, 0.2) is 6.20 Å². The Hall–Kier alpha value is -1.43. The summed E-state index contributed by atoms with van der Waals surface area (Å²) in [5.74, 6) is 0.525. The number of anilines is 1. The normalized spacial score (nSPS) is 10.1. The minimum atomic E-state index is -0.0389. The lowest BCUT2D eigenvalue weighted by molar-refractivity contribution is -0.116. The van der Waals surface area contributed by atoms with E-state index in [0.717, 1.165) is 12.8 Å². The number of nitrogens with zero attached hydrogens (tertiary/aromatic N) is 2. The zero-order valence-corrected chi connectivity index (χ0v) is 10.3. The summed E-state index contributed by atoms with van der Waals surface area (Å²) >= 11 is 4.88. The number of hydrogen-bond donors (Lipinski definition) is 2. The second kappa shape index (κ2) is 5.60. The second-order valence-electron chi connectivity index (χ2n) is 3.55. The van der Waals surface area contributed by atoms with Crippen molar-refractivity contribution in [2.75, 3.05) is 5.32 Å². The molecule has 1 rings (SSSR count). The molecule has 6 heteroatoms. The van der Waals surface area contributed by atoms with Crippen molar-refractivity contribution in [1.29, 1.82) is 0 Å². The van der Waals surface area contributed by atoms with E-state index >= 15 is 0 Å². The molecule has 0 radical (unpaired) electrons. The highest BCUT2D eigenvalue weighted by atomic mass is 32.1. The molecule has 5 nitrogen and oxygen atoms in total. The monoisotopic (exact) mass is 240 g/mol. The van der Waals surface area contributed by atoms with Crippen LogP contribution in [0.5, 0.6) is 0 Å². The second-order valence-corrected chi connectivity index (χ2v) is 3.99. The Morgan fingerprint density at radius 1 is 1.69 bits per heavy atom. The van der Waals surface area contributed by atoms with E-state index in [-0.39, 0.29) is 10.9 Å². The summed E-state index contributed by atoms with van der Waals surface area (Å²) < 4.78 is 1.55. The zero-order chi connectivity index (χ0) is 12.1. The van der Waals surface area contributed by atoms with E-state index in [4.69, 9.17) is 18.0 Å². The summed E-state index contributed by atoms with van der Waals surface area (Å²) in [5.41, 5.74) is 6.13. The minimum Gasteiger partial charge on any atom is -0.389 e. The van der Waals surface area contributed by atoms with Crippen LogP contribution in [0.1, 0.15) is 31.7 Å². The largest absolute Gasteiger partial charge is 0.389 e. The maximum atomic E-state index is 11.6. The molecule has 1 aromatic heterocycles. The molecule has 0 aliphatic carbocycles. The van der Waals surface area contributed by atoms with Crippen molar-refractivity contribution in [2.45, 2.75) is 26.2 Å². The molecule has 0 aliphatic heterocycles. The predicted molar refractivity (Wildman–Crippen MR) is 67.3 cm³/mol. The third-order valence-electron chi connectivity index (χ3n) is 2.22. The quantitative estimate of drug-likeness (QED) is 0.758. The van der Waals surface area contributed by atoms with Gasteiger partial charge in [0.25, 0.3) is 0 Å². The van der Waals surface area contributed by atoms with E-state index in [1.807, 2.05) is 6.92 Å². The Morgan fingerprint density at radius 2 is 2.38 bits per heavy atom. The van der Waals surface area contributed by atoms with Crippen LogP contribution in [0.4, 0.5) is 5.82 Å². The summed E-state index contributed by atoms with van der Waals surface area (Å²) in [4.78, 5) is 11.8. The van der Waals surface area contributed by atoms with E-state index in [2.05, 4.69) is 10.4 Å². The van der Waals surface area contributed by atoms with Gasteiger partial charge in [-0.3, -0.25) is 9.48 Å². The van der Waals surface area contributed by atoms with Gasteiger partial charge < -0.3 is 11.1 Å². The standard InChI is InChI=1S/C10H16N4OS/c1-3-4-5-8(15)13-10-7(9(11)16)6-12-14(10)2/h6H,3-5H2,1-2H3,(H2,11,16)(H,13,15). The average molecular weight is 240 g/mol. The van der Waals surface area contributed by atoms with Gasteiger partial charge in [-0.15, -0.1) is 0 Å². The lowest BCUT2D eigenvalue weighted by Gasteiger charge is -2.07. The van der Waals surface area contributed by atoms with Crippen molar-refractivity contribution in [3.8, 4) is 0 Å². The van der Waals surface area contributed by atoms with Gasteiger partial charge in [0, 0.05) is 13.5 Å². The zero-order valence-electron chi connectivity index (χ0n) is 9.49. The average Bonchev–Trinajstić information content (AvgIpc) is 2.58. The van der Waals surface area contributed by atoms with E-state index in [1.165, 1.54) is 0 Å². The van der Waals surface area contributed by atoms with Gasteiger partial charge in [-0.05, 0) is 6.42 Å². The molecule has 1 amide bonds. The van der Waals surface area contributed by atoms with Crippen LogP contribution in [-0.4, -0.2) is 20.7 Å². The lowest BCUT2D eigenvalue weighted by Crippen LogP contribution is -2.18. The van der Waals surface area contributed by atoms with Crippen molar-refractivity contribution in [3.05, 3.63) is 11.8 Å². The van der Waals surface area contributed by atoms with Gasteiger partial charge in [0.1, 0.15) is 10.8 Å². The fraction of sp³-hybridized carbons (Fsp3) is 0.500. The van der Waals surface area contributed by atoms with Gasteiger partial charge in [-0.25, -0.2) is 0 Å². The number of carbonyl (C=O) groups is 1. The number of nitrogens with one attached hydrogen (secondary N) is 1. The van der Waals surface area contributed by atoms with Gasteiger partial charge >= 0.3 is 0 Å². The highest BCUT2D eigenvalue weighted by Crippen LogP contribution is 2.14. The van der Waals surface area contributed by atoms with Crippen LogP contribution < -0.4 is 11.1 Å². The van der Waals surface area contributed by atoms with Gasteiger partial charge in [-0.2, -0.15) is 5.10 Å². The molecule has 0 aromatic carbocycles. The third-order valence-corrected chi connectivity index (χ3v) is 2.44. The molecule has 0 spiro atoms. The van der Waals surface area contributed by atoms with Crippen LogP contribution in [0.3, 0.4) is 0 Å². The summed E-state index contributed by atoms with van der Waals surface area (Å²) in [6, 6.07) is 0. The molecule has 0 unspecified atom stereocenters. The molecular formula is C10H16N4OS. The number of aromatic nitrogens is 2. The van der Waals surface area contributed by atoms with E-state index in [1.54, 1.807) is 17.9 Å². The summed E-state index contributed by atoms with van der Waals surface area (Å²) in [7, 11) is 1.73. The van der Waals surface area contributed by atoms with Crippen molar-refractivity contribution >= 4 is 28.9 Å². The molecule has 16 heavy (non-hydrogen) atoms. The van der Waals surface area contributed by atoms with Gasteiger partial charge in [-0.1, -0.05) is 25.6 Å². The number of nitrogens with two attached hydrogens (primary N) is 1. The third kappa shape index (κ3) is 3.03. The Balaban J connectivity index is 2.76. The Bertz CT molecular complexity index is 400. The molecule has 1 aromatic rings. The lowest BCUT2D eigenvalue weighted by atomic mass is 10.2. The molecule has 0 atom stereocenters. The van der Waals surface area contributed by atoms with Crippen LogP contribution in [0.25, 0.3) is 0 Å². The van der Waals surface area contributed by atoms with Gasteiger partial charge in [0.05, 0.1) is 11.8 Å². The summed E-state index contributed by atoms with van der Waals surface area (Å²) in [6.07, 6.45) is 3.91. The first kappa shape index (κ1) is 12.6. The molecule has 0 fully saturated rings. The van der Waals surface area contributed by atoms with E-state index < -0.39 is 0 Å². The molecule has 0 bridgehead atoms. The molecule has 0 saturated heterocycles. The number of thiocarbonyl (C=S) groups is 1. The number of hydrogen-bond acceptors (Lipinski definition) is 3. The molecule has 0 aliphatic rings. The molecule has 1 heterocycles. The number of unbranched alkanes of at least 4 members (excludes halogenated alkanes) is 1. The maximum absolute atomic E-state index is 11.6. The first-order valence-electron chi connectivity index (χ1n) is 5.18. The predicted octanol–water partition coefficient (Wildman–Crippen LogP) is 1.18. The van der Waals surface area contributed by atoms with E-state index in [9.17, 15) is 4.79 Å². The number of carbonyl (C=O) groups excluding carboxylic acids is 1. The molecular weight excluding hydrogens is 224 g/mol. The number of aryl methyl sites for hydroxylation is 1. The maximum Gasteiger partial charge on any atom is 0.225 e. The van der Waals surface area contributed by atoms with Crippen LogP contribution in [-0.2, 0) is 11.8 Å². The highest BCUT2D eigenvalue weighted by Gasteiger charge is 2.13. The molecule has 0 saturated carbocycles. The SMILES string of the molecule is CCCCC(=O)Nc1c(C(N)=S)cnn1C. The first-order chi connectivity index (χ1) is 7.56. The topological polar surface area (TPSA) is 72.9 Å².